The number of amides is 1. The lowest BCUT2D eigenvalue weighted by Crippen LogP contribution is -2.21. The third-order valence-electron chi connectivity index (χ3n) is 4.95. The molecule has 0 atom stereocenters. The number of carbonyl (C=O) groups excluding carboxylic acids is 1. The standard InChI is InChI=1S/C23H23N5O4/c1-15-4-5-16(22(29)25-21-8-10-32-26-21)12-20(15)28-14-24-19-7-6-17(13-18(19)23(28)30)31-11-9-27(2)3/h4-8,10,12-14H,9,11H2,1-3H3,(H,25,26,29). The number of nitrogens with one attached hydrogen (secondary N) is 1. The lowest BCUT2D eigenvalue weighted by atomic mass is 10.1. The van der Waals surface area contributed by atoms with Crippen LogP contribution in [-0.4, -0.2) is 52.8 Å². The maximum Gasteiger partial charge on any atom is 0.265 e. The molecule has 0 unspecified atom stereocenters. The number of fused-ring (bicyclic) bond motifs is 1. The second kappa shape index (κ2) is 9.03. The zero-order chi connectivity index (χ0) is 22.7. The molecule has 0 aliphatic carbocycles. The SMILES string of the molecule is Cc1ccc(C(=O)Nc2ccon2)cc1-n1cnc2ccc(OCCN(C)C)cc2c1=O. The Morgan fingerprint density at radius 1 is 1.19 bits per heavy atom. The Hall–Kier alpha value is -3.98. The van der Waals surface area contributed by atoms with Gasteiger partial charge < -0.3 is 19.5 Å². The van der Waals surface area contributed by atoms with Gasteiger partial charge in [-0.2, -0.15) is 0 Å². The smallest absolute Gasteiger partial charge is 0.265 e. The van der Waals surface area contributed by atoms with Gasteiger partial charge >= 0.3 is 0 Å². The van der Waals surface area contributed by atoms with Gasteiger partial charge in [-0.1, -0.05) is 11.2 Å². The second-order valence-electron chi connectivity index (χ2n) is 7.59. The molecule has 0 aliphatic heterocycles. The minimum Gasteiger partial charge on any atom is -0.492 e. The van der Waals surface area contributed by atoms with Crippen molar-refractivity contribution >= 4 is 22.6 Å². The van der Waals surface area contributed by atoms with Gasteiger partial charge in [0, 0.05) is 18.2 Å². The first-order chi connectivity index (χ1) is 15.4. The van der Waals surface area contributed by atoms with Gasteiger partial charge in [-0.05, 0) is 56.9 Å². The number of benzene rings is 2. The van der Waals surface area contributed by atoms with E-state index in [0.29, 0.717) is 40.3 Å². The molecule has 0 bridgehead atoms. The van der Waals surface area contributed by atoms with Gasteiger partial charge in [-0.25, -0.2) is 4.98 Å². The molecule has 0 saturated carbocycles. The van der Waals surface area contributed by atoms with Crippen LogP contribution in [0.4, 0.5) is 5.82 Å². The Morgan fingerprint density at radius 2 is 2.03 bits per heavy atom. The monoisotopic (exact) mass is 433 g/mol. The van der Waals surface area contributed by atoms with Crippen molar-refractivity contribution in [2.75, 3.05) is 32.6 Å². The quantitative estimate of drug-likeness (QED) is 0.478. The molecule has 4 aromatic rings. The molecule has 1 amide bonds. The van der Waals surface area contributed by atoms with Gasteiger partial charge in [-0.15, -0.1) is 0 Å². The minimum atomic E-state index is -0.362. The van der Waals surface area contributed by atoms with Crippen molar-refractivity contribution in [2.24, 2.45) is 0 Å². The van der Waals surface area contributed by atoms with E-state index in [-0.39, 0.29) is 11.5 Å². The first-order valence-corrected chi connectivity index (χ1v) is 10.0. The van der Waals surface area contributed by atoms with Gasteiger partial charge in [0.1, 0.15) is 24.9 Å². The Balaban J connectivity index is 1.68. The largest absolute Gasteiger partial charge is 0.492 e. The molecule has 0 saturated heterocycles. The molecular weight excluding hydrogens is 410 g/mol. The van der Waals surface area contributed by atoms with Crippen LogP contribution in [0, 0.1) is 6.92 Å². The molecular formula is C23H23N5O4. The van der Waals surface area contributed by atoms with E-state index in [4.69, 9.17) is 9.26 Å². The topological polar surface area (TPSA) is 102 Å². The van der Waals surface area contributed by atoms with E-state index in [1.165, 1.54) is 17.2 Å². The Kier molecular flexibility index (Phi) is 6.00. The summed E-state index contributed by atoms with van der Waals surface area (Å²) in [6, 6.07) is 11.9. The van der Waals surface area contributed by atoms with E-state index in [1.807, 2.05) is 25.9 Å². The van der Waals surface area contributed by atoms with Gasteiger partial charge in [0.15, 0.2) is 5.82 Å². The van der Waals surface area contributed by atoms with Crippen molar-refractivity contribution < 1.29 is 14.1 Å². The van der Waals surface area contributed by atoms with Crippen LogP contribution in [0.5, 0.6) is 5.75 Å². The third kappa shape index (κ3) is 4.52. The molecule has 0 spiro atoms. The highest BCUT2D eigenvalue weighted by Crippen LogP contribution is 2.20. The van der Waals surface area contributed by atoms with E-state index in [0.717, 1.165) is 12.1 Å². The van der Waals surface area contributed by atoms with Gasteiger partial charge in [0.05, 0.1) is 16.6 Å². The zero-order valence-corrected chi connectivity index (χ0v) is 18.0. The van der Waals surface area contributed by atoms with E-state index in [2.05, 4.69) is 15.5 Å². The molecule has 2 heterocycles. The molecule has 9 heteroatoms. The lowest BCUT2D eigenvalue weighted by Gasteiger charge is -2.13. The van der Waals surface area contributed by atoms with Crippen LogP contribution in [-0.2, 0) is 0 Å². The van der Waals surface area contributed by atoms with Crippen LogP contribution >= 0.6 is 0 Å². The summed E-state index contributed by atoms with van der Waals surface area (Å²) in [6.45, 7) is 3.14. The average molecular weight is 433 g/mol. The highest BCUT2D eigenvalue weighted by Gasteiger charge is 2.14. The number of aryl methyl sites for hydroxylation is 1. The van der Waals surface area contributed by atoms with Gasteiger partial charge in [-0.3, -0.25) is 14.2 Å². The van der Waals surface area contributed by atoms with Gasteiger partial charge in [0.25, 0.3) is 11.5 Å². The molecule has 9 nitrogen and oxygen atoms in total. The lowest BCUT2D eigenvalue weighted by molar-refractivity contribution is 0.102. The fraction of sp³-hybridized carbons (Fsp3) is 0.217. The summed E-state index contributed by atoms with van der Waals surface area (Å²) in [5.41, 5.74) is 2.09. The fourth-order valence-electron chi connectivity index (χ4n) is 3.18. The normalized spacial score (nSPS) is 11.1. The number of likely N-dealkylation sites (N-methyl/N-ethyl adjacent to an activating group) is 1. The summed E-state index contributed by atoms with van der Waals surface area (Å²) < 4.78 is 11.9. The number of hydrogen-bond donors (Lipinski definition) is 1. The van der Waals surface area contributed by atoms with Crippen LogP contribution in [0.15, 0.2) is 64.4 Å². The summed E-state index contributed by atoms with van der Waals surface area (Å²) in [5.74, 6) is 0.551. The van der Waals surface area contributed by atoms with Gasteiger partial charge in [0.2, 0.25) is 0 Å². The molecule has 0 fully saturated rings. The first-order valence-electron chi connectivity index (χ1n) is 10.0. The predicted octanol–water partition coefficient (Wildman–Crippen LogP) is 2.87. The Labute approximate surface area is 184 Å². The van der Waals surface area contributed by atoms with E-state index in [1.54, 1.807) is 42.5 Å². The van der Waals surface area contributed by atoms with Crippen molar-refractivity contribution in [3.63, 3.8) is 0 Å². The minimum absolute atomic E-state index is 0.245. The average Bonchev–Trinajstić information content (AvgIpc) is 3.28. The Bertz CT molecular complexity index is 1310. The van der Waals surface area contributed by atoms with Crippen LogP contribution < -0.4 is 15.6 Å². The highest BCUT2D eigenvalue weighted by molar-refractivity contribution is 6.04. The summed E-state index contributed by atoms with van der Waals surface area (Å²) in [5, 5.41) is 6.77. The third-order valence-corrected chi connectivity index (χ3v) is 4.95. The van der Waals surface area contributed by atoms with E-state index < -0.39 is 0 Å². The predicted molar refractivity (Wildman–Crippen MR) is 121 cm³/mol. The number of rotatable bonds is 7. The fourth-order valence-corrected chi connectivity index (χ4v) is 3.18. The van der Waals surface area contributed by atoms with Crippen molar-refractivity contribution in [3.05, 3.63) is 76.5 Å². The molecule has 32 heavy (non-hydrogen) atoms. The maximum absolute atomic E-state index is 13.3. The summed E-state index contributed by atoms with van der Waals surface area (Å²) >= 11 is 0. The molecule has 4 rings (SSSR count). The van der Waals surface area contributed by atoms with E-state index >= 15 is 0 Å². The number of anilines is 1. The first kappa shape index (κ1) is 21.3. The summed E-state index contributed by atoms with van der Waals surface area (Å²) in [4.78, 5) is 32.3. The Morgan fingerprint density at radius 3 is 2.78 bits per heavy atom. The second-order valence-corrected chi connectivity index (χ2v) is 7.59. The van der Waals surface area contributed by atoms with Crippen molar-refractivity contribution in [1.82, 2.24) is 19.6 Å². The zero-order valence-electron chi connectivity index (χ0n) is 18.0. The number of aromatic nitrogens is 3. The van der Waals surface area contributed by atoms with Crippen molar-refractivity contribution in [3.8, 4) is 11.4 Å². The summed E-state index contributed by atoms with van der Waals surface area (Å²) in [6.07, 6.45) is 2.84. The van der Waals surface area contributed by atoms with Crippen LogP contribution in [0.1, 0.15) is 15.9 Å². The number of hydrogen-bond acceptors (Lipinski definition) is 7. The van der Waals surface area contributed by atoms with Crippen molar-refractivity contribution in [2.45, 2.75) is 6.92 Å². The molecule has 2 aromatic carbocycles. The molecule has 0 aliphatic rings. The number of carbonyl (C=O) groups is 1. The highest BCUT2D eigenvalue weighted by atomic mass is 16.5. The molecule has 2 aromatic heterocycles. The van der Waals surface area contributed by atoms with Crippen LogP contribution in [0.2, 0.25) is 0 Å². The molecule has 164 valence electrons. The number of nitrogens with zero attached hydrogens (tertiary/aromatic N) is 4. The maximum atomic E-state index is 13.3. The van der Waals surface area contributed by atoms with Crippen LogP contribution in [0.3, 0.4) is 0 Å². The number of ether oxygens (including phenoxy) is 1. The molecule has 1 N–H and O–H groups in total. The van der Waals surface area contributed by atoms with Crippen LogP contribution in [0.25, 0.3) is 16.6 Å². The van der Waals surface area contributed by atoms with Crippen molar-refractivity contribution in [1.29, 1.82) is 0 Å². The molecule has 0 radical (unpaired) electrons. The van der Waals surface area contributed by atoms with E-state index in [9.17, 15) is 9.59 Å². The summed E-state index contributed by atoms with van der Waals surface area (Å²) in [7, 11) is 3.93.